The van der Waals surface area contributed by atoms with E-state index in [1.165, 1.54) is 0 Å². The highest BCUT2D eigenvalue weighted by Gasteiger charge is 2.34. The maximum Gasteiger partial charge on any atom is 0.416 e. The average Bonchev–Trinajstić information content (AvgIpc) is 2.09. The number of rotatable bonds is 1. The molecule has 0 amide bonds. The summed E-state index contributed by atoms with van der Waals surface area (Å²) in [6.07, 6.45) is -4.92. The molecule has 0 saturated heterocycles. The fourth-order valence-electron chi connectivity index (χ4n) is 1.10. The summed E-state index contributed by atoms with van der Waals surface area (Å²) < 4.78 is 37.5. The molecule has 6 heteroatoms. The first-order chi connectivity index (χ1) is 6.86. The van der Waals surface area contributed by atoms with Gasteiger partial charge in [0.1, 0.15) is 5.75 Å². The van der Waals surface area contributed by atoms with Crippen molar-refractivity contribution in [3.05, 3.63) is 27.7 Å². The van der Waals surface area contributed by atoms with Gasteiger partial charge in [0.2, 0.25) is 0 Å². The van der Waals surface area contributed by atoms with Crippen LogP contribution in [0.4, 0.5) is 13.2 Å². The van der Waals surface area contributed by atoms with E-state index in [-0.39, 0.29) is 16.5 Å². The first-order valence-corrected chi connectivity index (χ1v) is 4.61. The number of hydrogen-bond donors (Lipinski definition) is 1. The van der Waals surface area contributed by atoms with E-state index in [1.807, 2.05) is 0 Å². The predicted octanol–water partition coefficient (Wildman–Crippen LogP) is 3.24. The number of aromatic hydroxyl groups is 1. The lowest BCUT2D eigenvalue weighted by molar-refractivity contribution is -0.138. The molecule has 0 aromatic heterocycles. The minimum atomic E-state index is -4.57. The molecule has 1 aromatic rings. The van der Waals surface area contributed by atoms with Gasteiger partial charge in [0, 0.05) is 0 Å². The van der Waals surface area contributed by atoms with E-state index in [9.17, 15) is 13.2 Å². The number of hydrogen-bond acceptors (Lipinski definition) is 2. The standard InChI is InChI=1S/C9H5BrF3NO/c10-7-3-5(1-2-14)6(4-8(7)15)9(11,12)13/h3-4,15H,1H2. The molecular weight excluding hydrogens is 275 g/mol. The van der Waals surface area contributed by atoms with E-state index < -0.39 is 17.5 Å². The molecule has 0 aliphatic heterocycles. The lowest BCUT2D eigenvalue weighted by atomic mass is 10.0. The SMILES string of the molecule is N#CCc1cc(Br)c(O)cc1C(F)(F)F. The van der Waals surface area contributed by atoms with E-state index in [0.29, 0.717) is 6.07 Å². The number of halogens is 4. The van der Waals surface area contributed by atoms with Crippen molar-refractivity contribution in [3.63, 3.8) is 0 Å². The Kier molecular flexibility index (Phi) is 3.25. The Morgan fingerprint density at radius 1 is 1.40 bits per heavy atom. The van der Waals surface area contributed by atoms with Crippen LogP contribution in [0.1, 0.15) is 11.1 Å². The Balaban J connectivity index is 3.36. The molecule has 0 saturated carbocycles. The summed E-state index contributed by atoms with van der Waals surface area (Å²) in [6, 6.07) is 3.35. The van der Waals surface area contributed by atoms with Gasteiger partial charge in [0.25, 0.3) is 0 Å². The summed E-state index contributed by atoms with van der Waals surface area (Å²) in [5.41, 5.74) is -1.14. The molecule has 2 nitrogen and oxygen atoms in total. The second-order valence-electron chi connectivity index (χ2n) is 2.79. The maximum atomic E-state index is 12.4. The Morgan fingerprint density at radius 3 is 2.47 bits per heavy atom. The van der Waals surface area contributed by atoms with Gasteiger partial charge < -0.3 is 5.11 Å². The molecule has 0 aliphatic carbocycles. The third-order valence-corrected chi connectivity index (χ3v) is 2.38. The molecular formula is C9H5BrF3NO. The van der Waals surface area contributed by atoms with Gasteiger partial charge >= 0.3 is 6.18 Å². The smallest absolute Gasteiger partial charge is 0.416 e. The third-order valence-electron chi connectivity index (χ3n) is 1.75. The van der Waals surface area contributed by atoms with Crippen LogP contribution in [0, 0.1) is 11.3 Å². The van der Waals surface area contributed by atoms with E-state index in [4.69, 9.17) is 10.4 Å². The number of benzene rings is 1. The summed E-state index contributed by atoms with van der Waals surface area (Å²) in [7, 11) is 0. The zero-order valence-electron chi connectivity index (χ0n) is 7.27. The van der Waals surface area contributed by atoms with Crippen LogP contribution in [0.25, 0.3) is 0 Å². The van der Waals surface area contributed by atoms with Crippen LogP contribution in [-0.4, -0.2) is 5.11 Å². The number of nitrogens with zero attached hydrogens (tertiary/aromatic N) is 1. The maximum absolute atomic E-state index is 12.4. The first-order valence-electron chi connectivity index (χ1n) is 3.81. The number of alkyl halides is 3. The molecule has 1 aromatic carbocycles. The van der Waals surface area contributed by atoms with Crippen molar-refractivity contribution in [2.24, 2.45) is 0 Å². The molecule has 0 fully saturated rings. The van der Waals surface area contributed by atoms with Crippen molar-refractivity contribution in [3.8, 4) is 11.8 Å². The minimum Gasteiger partial charge on any atom is -0.507 e. The van der Waals surface area contributed by atoms with Crippen LogP contribution < -0.4 is 0 Å². The highest BCUT2D eigenvalue weighted by atomic mass is 79.9. The summed E-state index contributed by atoms with van der Waals surface area (Å²) in [5, 5.41) is 17.5. The van der Waals surface area contributed by atoms with Crippen molar-refractivity contribution in [2.45, 2.75) is 12.6 Å². The van der Waals surface area contributed by atoms with E-state index in [1.54, 1.807) is 6.07 Å². The Bertz CT molecular complexity index is 423. The predicted molar refractivity (Wildman–Crippen MR) is 50.1 cm³/mol. The second-order valence-corrected chi connectivity index (χ2v) is 3.65. The molecule has 80 valence electrons. The summed E-state index contributed by atoms with van der Waals surface area (Å²) in [6.45, 7) is 0. The van der Waals surface area contributed by atoms with Gasteiger partial charge in [-0.1, -0.05) is 0 Å². The average molecular weight is 280 g/mol. The normalized spacial score (nSPS) is 11.1. The van der Waals surface area contributed by atoms with Crippen LogP contribution in [-0.2, 0) is 12.6 Å². The van der Waals surface area contributed by atoms with Gasteiger partial charge in [0.05, 0.1) is 22.5 Å². The lowest BCUT2D eigenvalue weighted by Crippen LogP contribution is -2.09. The molecule has 0 atom stereocenters. The molecule has 0 radical (unpaired) electrons. The number of phenols is 1. The van der Waals surface area contributed by atoms with E-state index in [0.717, 1.165) is 6.07 Å². The topological polar surface area (TPSA) is 44.0 Å². The Morgan fingerprint density at radius 2 is 2.00 bits per heavy atom. The summed E-state index contributed by atoms with van der Waals surface area (Å²) in [4.78, 5) is 0. The molecule has 0 spiro atoms. The third kappa shape index (κ3) is 2.63. The molecule has 0 heterocycles. The van der Waals surface area contributed by atoms with Crippen molar-refractivity contribution in [1.29, 1.82) is 5.26 Å². The van der Waals surface area contributed by atoms with Gasteiger partial charge in [-0.05, 0) is 33.6 Å². The largest absolute Gasteiger partial charge is 0.507 e. The lowest BCUT2D eigenvalue weighted by Gasteiger charge is -2.12. The highest BCUT2D eigenvalue weighted by molar-refractivity contribution is 9.10. The van der Waals surface area contributed by atoms with Crippen LogP contribution in [0.2, 0.25) is 0 Å². The molecule has 15 heavy (non-hydrogen) atoms. The van der Waals surface area contributed by atoms with Crippen molar-refractivity contribution in [1.82, 2.24) is 0 Å². The van der Waals surface area contributed by atoms with Crippen molar-refractivity contribution < 1.29 is 18.3 Å². The molecule has 0 unspecified atom stereocenters. The fourth-order valence-corrected chi connectivity index (χ4v) is 1.49. The Hall–Kier alpha value is -1.22. The van der Waals surface area contributed by atoms with E-state index in [2.05, 4.69) is 15.9 Å². The number of nitriles is 1. The van der Waals surface area contributed by atoms with Crippen molar-refractivity contribution >= 4 is 15.9 Å². The molecule has 0 aliphatic rings. The second kappa shape index (κ2) is 4.11. The van der Waals surface area contributed by atoms with Gasteiger partial charge in [-0.25, -0.2) is 0 Å². The van der Waals surface area contributed by atoms with Gasteiger partial charge in [-0.2, -0.15) is 18.4 Å². The van der Waals surface area contributed by atoms with Crippen LogP contribution in [0.5, 0.6) is 5.75 Å². The Labute approximate surface area is 92.1 Å². The van der Waals surface area contributed by atoms with Gasteiger partial charge in [-0.15, -0.1) is 0 Å². The summed E-state index contributed by atoms with van der Waals surface area (Å²) in [5.74, 6) is -0.496. The van der Waals surface area contributed by atoms with Gasteiger partial charge in [-0.3, -0.25) is 0 Å². The monoisotopic (exact) mass is 279 g/mol. The fraction of sp³-hybridized carbons (Fsp3) is 0.222. The molecule has 1 rings (SSSR count). The quantitative estimate of drug-likeness (QED) is 0.858. The summed E-state index contributed by atoms with van der Waals surface area (Å²) >= 11 is 2.89. The van der Waals surface area contributed by atoms with Crippen molar-refractivity contribution in [2.75, 3.05) is 0 Å². The zero-order chi connectivity index (χ0) is 11.6. The van der Waals surface area contributed by atoms with Crippen LogP contribution in [0.3, 0.4) is 0 Å². The van der Waals surface area contributed by atoms with Gasteiger partial charge in [0.15, 0.2) is 0 Å². The molecule has 0 bridgehead atoms. The first kappa shape index (κ1) is 11.9. The van der Waals surface area contributed by atoms with Crippen LogP contribution >= 0.6 is 15.9 Å². The van der Waals surface area contributed by atoms with E-state index >= 15 is 0 Å². The highest BCUT2D eigenvalue weighted by Crippen LogP contribution is 2.37. The molecule has 1 N–H and O–H groups in total. The zero-order valence-corrected chi connectivity index (χ0v) is 8.85. The number of phenolic OH excluding ortho intramolecular Hbond substituents is 1. The van der Waals surface area contributed by atoms with Crippen LogP contribution in [0.15, 0.2) is 16.6 Å². The minimum absolute atomic E-state index is 0.140.